The van der Waals surface area contributed by atoms with Gasteiger partial charge in [-0.25, -0.2) is 0 Å². The average molecular weight is 260 g/mol. The van der Waals surface area contributed by atoms with E-state index in [1.807, 2.05) is 37.1 Å². The molecular formula is C16H24N2O. The van der Waals surface area contributed by atoms with Crippen LogP contribution in [-0.4, -0.2) is 30.9 Å². The SMILES string of the molecule is CCN(CC1CCC1)C(=O)c1ccc(C)cc1NC. The fourth-order valence-corrected chi connectivity index (χ4v) is 2.56. The summed E-state index contributed by atoms with van der Waals surface area (Å²) in [6, 6.07) is 5.97. The first-order valence-electron chi connectivity index (χ1n) is 7.23. The summed E-state index contributed by atoms with van der Waals surface area (Å²) in [5.74, 6) is 0.867. The third-order valence-electron chi connectivity index (χ3n) is 4.05. The monoisotopic (exact) mass is 260 g/mol. The van der Waals surface area contributed by atoms with Gasteiger partial charge in [0.25, 0.3) is 5.91 Å². The molecule has 0 bridgehead atoms. The first-order valence-corrected chi connectivity index (χ1v) is 7.23. The van der Waals surface area contributed by atoms with E-state index in [9.17, 15) is 4.79 Å². The number of nitrogens with one attached hydrogen (secondary N) is 1. The molecule has 0 atom stereocenters. The summed E-state index contributed by atoms with van der Waals surface area (Å²) in [7, 11) is 1.87. The van der Waals surface area contributed by atoms with Gasteiger partial charge in [0.05, 0.1) is 5.56 Å². The van der Waals surface area contributed by atoms with Gasteiger partial charge in [-0.1, -0.05) is 12.5 Å². The van der Waals surface area contributed by atoms with E-state index >= 15 is 0 Å². The maximum atomic E-state index is 12.6. The highest BCUT2D eigenvalue weighted by Gasteiger charge is 2.24. The molecule has 1 amide bonds. The van der Waals surface area contributed by atoms with Gasteiger partial charge in [0.2, 0.25) is 0 Å². The molecular weight excluding hydrogens is 236 g/mol. The Kier molecular flexibility index (Phi) is 4.46. The van der Waals surface area contributed by atoms with Crippen LogP contribution in [0.4, 0.5) is 5.69 Å². The molecule has 3 heteroatoms. The minimum Gasteiger partial charge on any atom is -0.387 e. The summed E-state index contributed by atoms with van der Waals surface area (Å²) >= 11 is 0. The predicted molar refractivity (Wildman–Crippen MR) is 79.6 cm³/mol. The number of carbonyl (C=O) groups is 1. The van der Waals surface area contributed by atoms with Crippen molar-refractivity contribution in [1.82, 2.24) is 4.90 Å². The standard InChI is InChI=1S/C16H24N2O/c1-4-18(11-13-6-5-7-13)16(19)14-9-8-12(2)10-15(14)17-3/h8-10,13,17H,4-7,11H2,1-3H3. The highest BCUT2D eigenvalue weighted by Crippen LogP contribution is 2.28. The van der Waals surface area contributed by atoms with Crippen LogP contribution in [0.3, 0.4) is 0 Å². The van der Waals surface area contributed by atoms with Gasteiger partial charge in [0.1, 0.15) is 0 Å². The molecule has 1 fully saturated rings. The second-order valence-corrected chi connectivity index (χ2v) is 5.44. The number of rotatable bonds is 5. The highest BCUT2D eigenvalue weighted by atomic mass is 16.2. The van der Waals surface area contributed by atoms with Crippen molar-refractivity contribution in [2.75, 3.05) is 25.5 Å². The number of amides is 1. The molecule has 0 saturated heterocycles. The van der Waals surface area contributed by atoms with Crippen LogP contribution in [0.2, 0.25) is 0 Å². The lowest BCUT2D eigenvalue weighted by Gasteiger charge is -2.32. The Labute approximate surface area is 116 Å². The van der Waals surface area contributed by atoms with Crippen LogP contribution in [0.5, 0.6) is 0 Å². The second kappa shape index (κ2) is 6.09. The first kappa shape index (κ1) is 13.9. The van der Waals surface area contributed by atoms with Gasteiger partial charge < -0.3 is 10.2 Å². The maximum absolute atomic E-state index is 12.6. The molecule has 1 aromatic rings. The van der Waals surface area contributed by atoms with E-state index in [2.05, 4.69) is 12.2 Å². The Hall–Kier alpha value is -1.51. The van der Waals surface area contributed by atoms with E-state index in [-0.39, 0.29) is 5.91 Å². The zero-order valence-corrected chi connectivity index (χ0v) is 12.2. The molecule has 1 aliphatic rings. The Bertz CT molecular complexity index is 452. The lowest BCUT2D eigenvalue weighted by molar-refractivity contribution is 0.0707. The summed E-state index contributed by atoms with van der Waals surface area (Å²) in [6.07, 6.45) is 3.87. The summed E-state index contributed by atoms with van der Waals surface area (Å²) in [4.78, 5) is 14.6. The van der Waals surface area contributed by atoms with Gasteiger partial charge in [-0.2, -0.15) is 0 Å². The molecule has 1 aliphatic carbocycles. The lowest BCUT2D eigenvalue weighted by Crippen LogP contribution is -2.37. The van der Waals surface area contributed by atoms with Crippen molar-refractivity contribution in [3.05, 3.63) is 29.3 Å². The summed E-state index contributed by atoms with van der Waals surface area (Å²) in [5, 5.41) is 3.13. The fourth-order valence-electron chi connectivity index (χ4n) is 2.56. The van der Waals surface area contributed by atoms with Crippen LogP contribution in [0.15, 0.2) is 18.2 Å². The molecule has 0 spiro atoms. The molecule has 0 radical (unpaired) electrons. The van der Waals surface area contributed by atoms with Crippen molar-refractivity contribution >= 4 is 11.6 Å². The number of hydrogen-bond acceptors (Lipinski definition) is 2. The first-order chi connectivity index (χ1) is 9.15. The van der Waals surface area contributed by atoms with E-state index in [1.54, 1.807) is 0 Å². The number of carbonyl (C=O) groups excluding carboxylic acids is 1. The smallest absolute Gasteiger partial charge is 0.255 e. The van der Waals surface area contributed by atoms with Crippen LogP contribution >= 0.6 is 0 Å². The Morgan fingerprint density at radius 2 is 2.16 bits per heavy atom. The minimum absolute atomic E-state index is 0.152. The maximum Gasteiger partial charge on any atom is 0.255 e. The third kappa shape index (κ3) is 3.09. The zero-order chi connectivity index (χ0) is 13.8. The van der Waals surface area contributed by atoms with Crippen LogP contribution in [0, 0.1) is 12.8 Å². The number of aryl methyl sites for hydroxylation is 1. The molecule has 2 rings (SSSR count). The van der Waals surface area contributed by atoms with E-state index in [4.69, 9.17) is 0 Å². The summed E-state index contributed by atoms with van der Waals surface area (Å²) in [5.41, 5.74) is 2.88. The number of anilines is 1. The van der Waals surface area contributed by atoms with Crippen molar-refractivity contribution in [2.24, 2.45) is 5.92 Å². The van der Waals surface area contributed by atoms with E-state index in [0.29, 0.717) is 5.92 Å². The van der Waals surface area contributed by atoms with E-state index in [1.165, 1.54) is 24.8 Å². The van der Waals surface area contributed by atoms with Gasteiger partial charge in [-0.15, -0.1) is 0 Å². The van der Waals surface area contributed by atoms with Gasteiger partial charge in [-0.05, 0) is 50.3 Å². The quantitative estimate of drug-likeness (QED) is 0.881. The van der Waals surface area contributed by atoms with Crippen molar-refractivity contribution in [2.45, 2.75) is 33.1 Å². The molecule has 1 aromatic carbocycles. The third-order valence-corrected chi connectivity index (χ3v) is 4.05. The van der Waals surface area contributed by atoms with Crippen molar-refractivity contribution < 1.29 is 4.79 Å². The van der Waals surface area contributed by atoms with Gasteiger partial charge in [0, 0.05) is 25.8 Å². The lowest BCUT2D eigenvalue weighted by atomic mass is 9.85. The van der Waals surface area contributed by atoms with Crippen LogP contribution in [-0.2, 0) is 0 Å². The minimum atomic E-state index is 0.152. The van der Waals surface area contributed by atoms with Gasteiger partial charge in [0.15, 0.2) is 0 Å². The molecule has 0 heterocycles. The van der Waals surface area contributed by atoms with Crippen LogP contribution < -0.4 is 5.32 Å². The molecule has 1 N–H and O–H groups in total. The van der Waals surface area contributed by atoms with Gasteiger partial charge in [-0.3, -0.25) is 4.79 Å². The molecule has 1 saturated carbocycles. The molecule has 0 aliphatic heterocycles. The number of nitrogens with zero attached hydrogens (tertiary/aromatic N) is 1. The van der Waals surface area contributed by atoms with E-state index < -0.39 is 0 Å². The Morgan fingerprint density at radius 3 is 2.68 bits per heavy atom. The predicted octanol–water partition coefficient (Wildman–Crippen LogP) is 3.30. The second-order valence-electron chi connectivity index (χ2n) is 5.44. The number of benzene rings is 1. The molecule has 104 valence electrons. The molecule has 3 nitrogen and oxygen atoms in total. The Balaban J connectivity index is 2.16. The van der Waals surface area contributed by atoms with Crippen LogP contribution in [0.25, 0.3) is 0 Å². The molecule has 19 heavy (non-hydrogen) atoms. The largest absolute Gasteiger partial charge is 0.387 e. The van der Waals surface area contributed by atoms with Crippen LogP contribution in [0.1, 0.15) is 42.1 Å². The highest BCUT2D eigenvalue weighted by molar-refractivity contribution is 5.99. The van der Waals surface area contributed by atoms with Gasteiger partial charge >= 0.3 is 0 Å². The Morgan fingerprint density at radius 1 is 1.42 bits per heavy atom. The van der Waals surface area contributed by atoms with Crippen molar-refractivity contribution in [1.29, 1.82) is 0 Å². The average Bonchev–Trinajstić information content (AvgIpc) is 2.37. The summed E-state index contributed by atoms with van der Waals surface area (Å²) < 4.78 is 0. The number of hydrogen-bond donors (Lipinski definition) is 1. The van der Waals surface area contributed by atoms with Crippen molar-refractivity contribution in [3.8, 4) is 0 Å². The topological polar surface area (TPSA) is 32.3 Å². The zero-order valence-electron chi connectivity index (χ0n) is 12.2. The molecule has 0 unspecified atom stereocenters. The van der Waals surface area contributed by atoms with Crippen molar-refractivity contribution in [3.63, 3.8) is 0 Å². The normalized spacial score (nSPS) is 14.9. The summed E-state index contributed by atoms with van der Waals surface area (Å²) in [6.45, 7) is 5.80. The molecule has 0 aromatic heterocycles. The van der Waals surface area contributed by atoms with E-state index in [0.717, 1.165) is 24.3 Å². The fraction of sp³-hybridized carbons (Fsp3) is 0.562.